The Hall–Kier alpha value is -3.29. The zero-order valence-corrected chi connectivity index (χ0v) is 14.6. The maximum atomic E-state index is 13.6. The molecule has 0 aromatic heterocycles. The lowest BCUT2D eigenvalue weighted by molar-refractivity contribution is -0.119. The maximum absolute atomic E-state index is 13.6. The molecule has 1 heterocycles. The van der Waals surface area contributed by atoms with Crippen molar-refractivity contribution < 1.29 is 32.9 Å². The Morgan fingerprint density at radius 3 is 2.63 bits per heavy atom. The summed E-state index contributed by atoms with van der Waals surface area (Å²) in [5.41, 5.74) is 0.465. The van der Waals surface area contributed by atoms with Gasteiger partial charge < -0.3 is 24.3 Å². The minimum Gasteiger partial charge on any atom is -0.494 e. The molecule has 1 N–H and O–H groups in total. The van der Waals surface area contributed by atoms with Crippen molar-refractivity contribution in [2.45, 2.75) is 6.42 Å². The molecule has 0 fully saturated rings. The third-order valence-electron chi connectivity index (χ3n) is 3.75. The molecule has 3 rings (SSSR count). The molecular weight excluding hydrogens is 357 g/mol. The molecular formula is C19H18FNO6. The molecule has 2 aromatic carbocycles. The lowest BCUT2D eigenvalue weighted by atomic mass is 10.2. The zero-order chi connectivity index (χ0) is 19.2. The molecule has 27 heavy (non-hydrogen) atoms. The van der Waals surface area contributed by atoms with Crippen LogP contribution in [0.3, 0.4) is 0 Å². The van der Waals surface area contributed by atoms with E-state index in [1.165, 1.54) is 19.2 Å². The van der Waals surface area contributed by atoms with Gasteiger partial charge in [0.05, 0.1) is 25.9 Å². The van der Waals surface area contributed by atoms with Gasteiger partial charge in [-0.1, -0.05) is 0 Å². The molecule has 2 aromatic rings. The molecule has 0 saturated heterocycles. The highest BCUT2D eigenvalue weighted by molar-refractivity contribution is 5.95. The number of methoxy groups -OCH3 is 1. The molecule has 1 aliphatic heterocycles. The van der Waals surface area contributed by atoms with Crippen molar-refractivity contribution in [1.29, 1.82) is 0 Å². The van der Waals surface area contributed by atoms with Crippen molar-refractivity contribution in [1.82, 2.24) is 0 Å². The van der Waals surface area contributed by atoms with E-state index in [1.54, 1.807) is 18.2 Å². The average molecular weight is 375 g/mol. The first kappa shape index (κ1) is 18.5. The molecule has 0 saturated carbocycles. The predicted molar refractivity (Wildman–Crippen MR) is 93.9 cm³/mol. The highest BCUT2D eigenvalue weighted by atomic mass is 19.1. The van der Waals surface area contributed by atoms with Gasteiger partial charge in [0, 0.05) is 18.2 Å². The number of anilines is 1. The summed E-state index contributed by atoms with van der Waals surface area (Å²) in [6.45, 7) is 0.585. The number of halogens is 1. The van der Waals surface area contributed by atoms with Crippen molar-refractivity contribution in [3.63, 3.8) is 0 Å². The molecule has 0 aliphatic carbocycles. The maximum Gasteiger partial charge on any atom is 0.338 e. The standard InChI is InChI=1S/C19H18FNO6/c1-24-15-5-3-12(9-14(15)20)19(23)27-11-18(22)21-13-4-6-16-17(10-13)26-8-2-7-25-16/h3-6,9-10H,2,7-8,11H2,1H3,(H,21,22). The van der Waals surface area contributed by atoms with Crippen LogP contribution in [-0.2, 0) is 9.53 Å². The first-order chi connectivity index (χ1) is 13.1. The Bertz CT molecular complexity index is 854. The van der Waals surface area contributed by atoms with Crippen LogP contribution in [0.2, 0.25) is 0 Å². The van der Waals surface area contributed by atoms with Crippen molar-refractivity contribution in [3.05, 3.63) is 47.8 Å². The largest absolute Gasteiger partial charge is 0.494 e. The Balaban J connectivity index is 1.56. The molecule has 1 aliphatic rings. The quantitative estimate of drug-likeness (QED) is 0.809. The predicted octanol–water partition coefficient (Wildman–Crippen LogP) is 2.79. The van der Waals surface area contributed by atoms with Gasteiger partial charge in [0.25, 0.3) is 5.91 Å². The van der Waals surface area contributed by atoms with Gasteiger partial charge in [-0.3, -0.25) is 4.79 Å². The van der Waals surface area contributed by atoms with Crippen LogP contribution in [0.4, 0.5) is 10.1 Å². The van der Waals surface area contributed by atoms with Gasteiger partial charge >= 0.3 is 5.97 Å². The minimum absolute atomic E-state index is 0.0127. The third-order valence-corrected chi connectivity index (χ3v) is 3.75. The second-order valence-corrected chi connectivity index (χ2v) is 5.69. The van der Waals surface area contributed by atoms with Crippen LogP contribution in [0.15, 0.2) is 36.4 Å². The van der Waals surface area contributed by atoms with Crippen LogP contribution < -0.4 is 19.5 Å². The molecule has 142 valence electrons. The second kappa shape index (κ2) is 8.39. The normalized spacial score (nSPS) is 12.7. The van der Waals surface area contributed by atoms with Crippen LogP contribution in [0.5, 0.6) is 17.2 Å². The first-order valence-corrected chi connectivity index (χ1v) is 8.27. The summed E-state index contributed by atoms with van der Waals surface area (Å²) in [5.74, 6) is -0.881. The van der Waals surface area contributed by atoms with Gasteiger partial charge in [-0.15, -0.1) is 0 Å². The molecule has 1 amide bonds. The van der Waals surface area contributed by atoms with Gasteiger partial charge in [-0.25, -0.2) is 9.18 Å². The second-order valence-electron chi connectivity index (χ2n) is 5.69. The van der Waals surface area contributed by atoms with Crippen LogP contribution in [0.1, 0.15) is 16.8 Å². The zero-order valence-electron chi connectivity index (χ0n) is 14.6. The Morgan fingerprint density at radius 1 is 1.11 bits per heavy atom. The van der Waals surface area contributed by atoms with E-state index in [1.807, 2.05) is 0 Å². The summed E-state index contributed by atoms with van der Waals surface area (Å²) in [5, 5.41) is 2.60. The average Bonchev–Trinajstić information content (AvgIpc) is 2.91. The Morgan fingerprint density at radius 2 is 1.89 bits per heavy atom. The van der Waals surface area contributed by atoms with Crippen LogP contribution in [0, 0.1) is 5.82 Å². The number of hydrogen-bond acceptors (Lipinski definition) is 6. The molecule has 7 nitrogen and oxygen atoms in total. The number of carbonyl (C=O) groups is 2. The smallest absolute Gasteiger partial charge is 0.338 e. The number of hydrogen-bond donors (Lipinski definition) is 1. The highest BCUT2D eigenvalue weighted by Gasteiger charge is 2.15. The first-order valence-electron chi connectivity index (χ1n) is 8.27. The fourth-order valence-electron chi connectivity index (χ4n) is 2.45. The Labute approximate surface area is 155 Å². The number of nitrogens with one attached hydrogen (secondary N) is 1. The lowest BCUT2D eigenvalue weighted by Gasteiger charge is -2.11. The van der Waals surface area contributed by atoms with Gasteiger partial charge in [0.2, 0.25) is 0 Å². The van der Waals surface area contributed by atoms with E-state index < -0.39 is 24.3 Å². The van der Waals surface area contributed by atoms with Crippen molar-refractivity contribution in [2.75, 3.05) is 32.2 Å². The number of amides is 1. The van der Waals surface area contributed by atoms with E-state index >= 15 is 0 Å². The summed E-state index contributed by atoms with van der Waals surface area (Å²) in [6.07, 6.45) is 0.776. The van der Waals surface area contributed by atoms with Gasteiger partial charge in [0.15, 0.2) is 29.7 Å². The number of rotatable bonds is 5. The summed E-state index contributed by atoms with van der Waals surface area (Å²) in [4.78, 5) is 23.9. The van der Waals surface area contributed by atoms with Crippen molar-refractivity contribution in [2.24, 2.45) is 0 Å². The summed E-state index contributed by atoms with van der Waals surface area (Å²) < 4.78 is 34.4. The lowest BCUT2D eigenvalue weighted by Crippen LogP contribution is -2.21. The van der Waals surface area contributed by atoms with Crippen LogP contribution in [0.25, 0.3) is 0 Å². The number of carbonyl (C=O) groups excluding carboxylic acids is 2. The van der Waals surface area contributed by atoms with E-state index in [0.29, 0.717) is 30.4 Å². The van der Waals surface area contributed by atoms with Crippen LogP contribution >= 0.6 is 0 Å². The van der Waals surface area contributed by atoms with Gasteiger partial charge in [0.1, 0.15) is 0 Å². The van der Waals surface area contributed by atoms with Gasteiger partial charge in [-0.05, 0) is 30.3 Å². The van der Waals surface area contributed by atoms with Crippen molar-refractivity contribution >= 4 is 17.6 Å². The fraction of sp³-hybridized carbons (Fsp3) is 0.263. The number of benzene rings is 2. The van der Waals surface area contributed by atoms with Crippen molar-refractivity contribution in [3.8, 4) is 17.2 Å². The van der Waals surface area contributed by atoms with E-state index in [4.69, 9.17) is 18.9 Å². The van der Waals surface area contributed by atoms with E-state index in [9.17, 15) is 14.0 Å². The van der Waals surface area contributed by atoms with Gasteiger partial charge in [-0.2, -0.15) is 0 Å². The summed E-state index contributed by atoms with van der Waals surface area (Å²) >= 11 is 0. The monoisotopic (exact) mass is 375 g/mol. The SMILES string of the molecule is COc1ccc(C(=O)OCC(=O)Nc2ccc3c(c2)OCCCO3)cc1F. The summed E-state index contributed by atoms with van der Waals surface area (Å²) in [7, 11) is 1.32. The molecule has 0 bridgehead atoms. The molecule has 0 unspecified atom stereocenters. The fourth-order valence-corrected chi connectivity index (χ4v) is 2.45. The van der Waals surface area contributed by atoms with Crippen LogP contribution in [-0.4, -0.2) is 38.8 Å². The third kappa shape index (κ3) is 4.66. The minimum atomic E-state index is -0.814. The molecule has 8 heteroatoms. The number of ether oxygens (including phenoxy) is 4. The van der Waals surface area contributed by atoms with E-state index in [-0.39, 0.29) is 11.3 Å². The summed E-state index contributed by atoms with van der Waals surface area (Å²) in [6, 6.07) is 8.65. The molecule has 0 atom stereocenters. The van der Waals surface area contributed by atoms with E-state index in [2.05, 4.69) is 5.32 Å². The van der Waals surface area contributed by atoms with E-state index in [0.717, 1.165) is 12.5 Å². The topological polar surface area (TPSA) is 83.1 Å². The number of fused-ring (bicyclic) bond motifs is 1. The number of esters is 1. The Kier molecular flexibility index (Phi) is 5.75. The molecule has 0 spiro atoms. The highest BCUT2D eigenvalue weighted by Crippen LogP contribution is 2.32. The molecule has 0 radical (unpaired) electrons.